The molecule has 4 heterocycles. The zero-order chi connectivity index (χ0) is 20.7. The van der Waals surface area contributed by atoms with Gasteiger partial charge in [0.2, 0.25) is 5.95 Å². The molecule has 30 heavy (non-hydrogen) atoms. The maximum atomic E-state index is 12.9. The standard InChI is InChI=1S/C23H29N5O2/c1-3-26-8-6-17-5-4-16(10-18(17)7-9-26)12-27-15-21-20(22(27)29)11-24-23(25-21)28-13-19(14-28)30-2/h4-5,10-11,19H,3,6-9,12-15H2,1-2H3. The van der Waals surface area contributed by atoms with E-state index < -0.39 is 0 Å². The van der Waals surface area contributed by atoms with Crippen LogP contribution in [0.4, 0.5) is 5.95 Å². The monoisotopic (exact) mass is 407 g/mol. The smallest absolute Gasteiger partial charge is 0.258 e. The lowest BCUT2D eigenvalue weighted by Gasteiger charge is -2.38. The highest BCUT2D eigenvalue weighted by Crippen LogP contribution is 2.27. The van der Waals surface area contributed by atoms with Gasteiger partial charge >= 0.3 is 0 Å². The number of aromatic nitrogens is 2. The van der Waals surface area contributed by atoms with E-state index in [1.165, 1.54) is 16.7 Å². The molecule has 1 fully saturated rings. The second kappa shape index (κ2) is 7.96. The second-order valence-corrected chi connectivity index (χ2v) is 8.49. The molecule has 0 N–H and O–H groups in total. The Bertz CT molecular complexity index is 957. The quantitative estimate of drug-likeness (QED) is 0.754. The minimum atomic E-state index is 0.0297. The summed E-state index contributed by atoms with van der Waals surface area (Å²) in [5.41, 5.74) is 5.54. The molecule has 7 nitrogen and oxygen atoms in total. The highest BCUT2D eigenvalue weighted by molar-refractivity contribution is 5.97. The van der Waals surface area contributed by atoms with Crippen LogP contribution in [0, 0.1) is 0 Å². The molecule has 2 aromatic rings. The summed E-state index contributed by atoms with van der Waals surface area (Å²) in [5.74, 6) is 0.726. The number of nitrogens with zero attached hydrogens (tertiary/aromatic N) is 5. The predicted molar refractivity (Wildman–Crippen MR) is 115 cm³/mol. The first-order valence-corrected chi connectivity index (χ1v) is 10.9. The van der Waals surface area contributed by atoms with Gasteiger partial charge in [-0.2, -0.15) is 0 Å². The zero-order valence-corrected chi connectivity index (χ0v) is 17.8. The summed E-state index contributed by atoms with van der Waals surface area (Å²) in [6.07, 6.45) is 4.13. The normalized spacial score (nSPS) is 19.5. The number of rotatable bonds is 5. The lowest BCUT2D eigenvalue weighted by molar-refractivity contribution is 0.0765. The van der Waals surface area contributed by atoms with Crippen molar-refractivity contribution in [1.82, 2.24) is 19.8 Å². The summed E-state index contributed by atoms with van der Waals surface area (Å²) in [7, 11) is 1.73. The molecule has 1 aromatic heterocycles. The Labute approximate surface area is 177 Å². The van der Waals surface area contributed by atoms with E-state index in [1.54, 1.807) is 13.3 Å². The van der Waals surface area contributed by atoms with Gasteiger partial charge in [-0.1, -0.05) is 25.1 Å². The van der Waals surface area contributed by atoms with Gasteiger partial charge in [-0.05, 0) is 36.1 Å². The summed E-state index contributed by atoms with van der Waals surface area (Å²) in [4.78, 5) is 28.5. The predicted octanol–water partition coefficient (Wildman–Crippen LogP) is 1.89. The number of fused-ring (bicyclic) bond motifs is 2. The number of likely N-dealkylation sites (N-methyl/N-ethyl adjacent to an activating group) is 1. The topological polar surface area (TPSA) is 61.8 Å². The highest BCUT2D eigenvalue weighted by Gasteiger charge is 2.33. The third-order valence-electron chi connectivity index (χ3n) is 6.66. The molecule has 1 aromatic carbocycles. The van der Waals surface area contributed by atoms with Crippen molar-refractivity contribution in [3.05, 3.63) is 52.3 Å². The largest absolute Gasteiger partial charge is 0.378 e. The van der Waals surface area contributed by atoms with Gasteiger partial charge in [-0.3, -0.25) is 4.79 Å². The van der Waals surface area contributed by atoms with Crippen LogP contribution in [0.2, 0.25) is 0 Å². The summed E-state index contributed by atoms with van der Waals surface area (Å²) >= 11 is 0. The third-order valence-corrected chi connectivity index (χ3v) is 6.66. The fraction of sp³-hybridized carbons (Fsp3) is 0.522. The van der Waals surface area contributed by atoms with Crippen molar-refractivity contribution in [2.45, 2.75) is 39.0 Å². The first-order chi connectivity index (χ1) is 14.6. The maximum Gasteiger partial charge on any atom is 0.258 e. The molecule has 0 aliphatic carbocycles. The highest BCUT2D eigenvalue weighted by atomic mass is 16.5. The molecular weight excluding hydrogens is 378 g/mol. The van der Waals surface area contributed by atoms with Gasteiger partial charge in [-0.15, -0.1) is 0 Å². The number of amides is 1. The Kier molecular flexibility index (Phi) is 5.16. The lowest BCUT2D eigenvalue weighted by atomic mass is 10.00. The molecule has 1 amide bonds. The van der Waals surface area contributed by atoms with Gasteiger partial charge in [0.1, 0.15) is 0 Å². The van der Waals surface area contributed by atoms with Crippen molar-refractivity contribution < 1.29 is 9.53 Å². The third kappa shape index (κ3) is 3.56. The van der Waals surface area contributed by atoms with Crippen LogP contribution in [0.1, 0.15) is 39.7 Å². The molecule has 5 rings (SSSR count). The van der Waals surface area contributed by atoms with Gasteiger partial charge in [0.15, 0.2) is 0 Å². The summed E-state index contributed by atoms with van der Waals surface area (Å²) in [6, 6.07) is 6.73. The van der Waals surface area contributed by atoms with E-state index in [4.69, 9.17) is 4.74 Å². The van der Waals surface area contributed by atoms with E-state index in [9.17, 15) is 4.79 Å². The van der Waals surface area contributed by atoms with Crippen LogP contribution >= 0.6 is 0 Å². The van der Waals surface area contributed by atoms with Crippen LogP contribution in [-0.4, -0.2) is 71.6 Å². The van der Waals surface area contributed by atoms with Crippen LogP contribution in [0.3, 0.4) is 0 Å². The number of carbonyl (C=O) groups is 1. The van der Waals surface area contributed by atoms with E-state index in [1.807, 2.05) is 4.90 Å². The first kappa shape index (κ1) is 19.5. The van der Waals surface area contributed by atoms with Gasteiger partial charge in [0.05, 0.1) is 23.9 Å². The molecule has 1 saturated heterocycles. The number of benzene rings is 1. The van der Waals surface area contributed by atoms with Crippen molar-refractivity contribution in [2.24, 2.45) is 0 Å². The van der Waals surface area contributed by atoms with E-state index >= 15 is 0 Å². The Morgan fingerprint density at radius 2 is 1.97 bits per heavy atom. The van der Waals surface area contributed by atoms with E-state index in [2.05, 4.69) is 44.9 Å². The molecule has 7 heteroatoms. The Hall–Kier alpha value is -2.51. The fourth-order valence-electron chi connectivity index (χ4n) is 4.62. The molecule has 3 aliphatic heterocycles. The van der Waals surface area contributed by atoms with Crippen LogP contribution in [0.5, 0.6) is 0 Å². The van der Waals surface area contributed by atoms with E-state index in [-0.39, 0.29) is 12.0 Å². The van der Waals surface area contributed by atoms with Gasteiger partial charge in [0, 0.05) is 46.0 Å². The van der Waals surface area contributed by atoms with Crippen LogP contribution in [0.15, 0.2) is 24.4 Å². The average Bonchev–Trinajstić information content (AvgIpc) is 2.90. The molecule has 0 unspecified atom stereocenters. The molecule has 3 aliphatic rings. The summed E-state index contributed by atoms with van der Waals surface area (Å²) in [6.45, 7) is 8.34. The maximum absolute atomic E-state index is 12.9. The minimum absolute atomic E-state index is 0.0297. The van der Waals surface area contributed by atoms with Crippen LogP contribution in [-0.2, 0) is 30.7 Å². The summed E-state index contributed by atoms with van der Waals surface area (Å²) in [5, 5.41) is 0. The van der Waals surface area contributed by atoms with Crippen LogP contribution in [0.25, 0.3) is 0 Å². The summed E-state index contributed by atoms with van der Waals surface area (Å²) < 4.78 is 5.33. The van der Waals surface area contributed by atoms with Crippen molar-refractivity contribution in [2.75, 3.05) is 44.7 Å². The van der Waals surface area contributed by atoms with Crippen molar-refractivity contribution in [3.8, 4) is 0 Å². The molecule has 0 bridgehead atoms. The number of carbonyl (C=O) groups excluding carboxylic acids is 1. The number of methoxy groups -OCH3 is 1. The number of hydrogen-bond acceptors (Lipinski definition) is 6. The molecule has 0 atom stereocenters. The lowest BCUT2D eigenvalue weighted by Crippen LogP contribution is -2.52. The molecule has 0 spiro atoms. The van der Waals surface area contributed by atoms with Crippen LogP contribution < -0.4 is 4.90 Å². The molecular formula is C23H29N5O2. The SMILES string of the molecule is CCN1CCc2ccc(CN3Cc4nc(N5CC(OC)C5)ncc4C3=O)cc2CC1. The minimum Gasteiger partial charge on any atom is -0.378 e. The first-order valence-electron chi connectivity index (χ1n) is 10.9. The Balaban J connectivity index is 1.28. The second-order valence-electron chi connectivity index (χ2n) is 8.49. The van der Waals surface area contributed by atoms with Gasteiger partial charge in [-0.25, -0.2) is 9.97 Å². The molecule has 158 valence electrons. The molecule has 0 saturated carbocycles. The zero-order valence-electron chi connectivity index (χ0n) is 17.8. The Morgan fingerprint density at radius 3 is 2.73 bits per heavy atom. The number of anilines is 1. The van der Waals surface area contributed by atoms with Gasteiger partial charge < -0.3 is 19.4 Å². The van der Waals surface area contributed by atoms with E-state index in [0.717, 1.165) is 51.3 Å². The molecule has 0 radical (unpaired) electrons. The fourth-order valence-corrected chi connectivity index (χ4v) is 4.62. The number of hydrogen-bond donors (Lipinski definition) is 0. The van der Waals surface area contributed by atoms with Crippen molar-refractivity contribution in [1.29, 1.82) is 0 Å². The average molecular weight is 408 g/mol. The van der Waals surface area contributed by atoms with Crippen molar-refractivity contribution >= 4 is 11.9 Å². The number of ether oxygens (including phenoxy) is 1. The Morgan fingerprint density at radius 1 is 1.17 bits per heavy atom. The van der Waals surface area contributed by atoms with Gasteiger partial charge in [0.25, 0.3) is 5.91 Å². The van der Waals surface area contributed by atoms with Crippen molar-refractivity contribution in [3.63, 3.8) is 0 Å². The van der Waals surface area contributed by atoms with E-state index in [0.29, 0.717) is 24.6 Å².